The van der Waals surface area contributed by atoms with Crippen LogP contribution in [0.2, 0.25) is 8.67 Å². The molecule has 0 aliphatic rings. The lowest BCUT2D eigenvalue weighted by molar-refractivity contribution is 0.582. The third kappa shape index (κ3) is 3.96. The predicted octanol–water partition coefficient (Wildman–Crippen LogP) is 4.43. The maximum absolute atomic E-state index is 12.1. The molecule has 2 aromatic rings. The van der Waals surface area contributed by atoms with Crippen molar-refractivity contribution in [1.29, 1.82) is 0 Å². The van der Waals surface area contributed by atoms with Crippen LogP contribution in [0.15, 0.2) is 35.2 Å². The summed E-state index contributed by atoms with van der Waals surface area (Å²) in [5.74, 6) is 0. The van der Waals surface area contributed by atoms with Gasteiger partial charge in [-0.15, -0.1) is 11.3 Å². The zero-order chi connectivity index (χ0) is 14.8. The Morgan fingerprint density at radius 1 is 1.20 bits per heavy atom. The summed E-state index contributed by atoms with van der Waals surface area (Å²) < 4.78 is 27.3. The van der Waals surface area contributed by atoms with Crippen LogP contribution in [-0.4, -0.2) is 8.42 Å². The van der Waals surface area contributed by atoms with Crippen molar-refractivity contribution in [3.63, 3.8) is 0 Å². The van der Waals surface area contributed by atoms with Gasteiger partial charge in [0.2, 0.25) is 10.0 Å². The molecule has 2 rings (SSSR count). The van der Waals surface area contributed by atoms with Crippen LogP contribution in [-0.2, 0) is 21.9 Å². The van der Waals surface area contributed by atoms with Crippen molar-refractivity contribution in [2.24, 2.45) is 0 Å². The molecule has 0 saturated carbocycles. The van der Waals surface area contributed by atoms with Gasteiger partial charge in [-0.05, 0) is 17.2 Å². The lowest BCUT2D eigenvalue weighted by atomic mass is 10.1. The van der Waals surface area contributed by atoms with Crippen molar-refractivity contribution in [2.75, 3.05) is 0 Å². The van der Waals surface area contributed by atoms with Crippen LogP contribution in [0.3, 0.4) is 0 Å². The number of halogens is 3. The topological polar surface area (TPSA) is 46.2 Å². The molecule has 0 unspecified atom stereocenters. The summed E-state index contributed by atoms with van der Waals surface area (Å²) in [6, 6.07) is 8.99. The molecule has 0 aliphatic heterocycles. The van der Waals surface area contributed by atoms with Crippen LogP contribution in [0.1, 0.15) is 11.1 Å². The summed E-state index contributed by atoms with van der Waals surface area (Å²) >= 11 is 16.0. The number of alkyl halides is 1. The van der Waals surface area contributed by atoms with Gasteiger partial charge in [0.15, 0.2) is 0 Å². The molecule has 1 aromatic heterocycles. The number of hydrogen-bond donors (Lipinski definition) is 1. The van der Waals surface area contributed by atoms with Crippen LogP contribution >= 0.6 is 50.5 Å². The van der Waals surface area contributed by atoms with Gasteiger partial charge in [0.05, 0.1) is 4.34 Å². The van der Waals surface area contributed by atoms with Gasteiger partial charge in [0, 0.05) is 11.9 Å². The Morgan fingerprint density at radius 3 is 2.50 bits per heavy atom. The maximum atomic E-state index is 12.1. The number of benzene rings is 1. The lowest BCUT2D eigenvalue weighted by Crippen LogP contribution is -2.23. The van der Waals surface area contributed by atoms with Gasteiger partial charge in [0.1, 0.15) is 9.23 Å². The van der Waals surface area contributed by atoms with E-state index in [0.29, 0.717) is 4.34 Å². The second-order valence-corrected chi connectivity index (χ2v) is 8.55. The zero-order valence-corrected chi connectivity index (χ0v) is 14.8. The monoisotopic (exact) mass is 413 g/mol. The molecular weight excluding hydrogens is 405 g/mol. The number of sulfonamides is 1. The second kappa shape index (κ2) is 6.77. The summed E-state index contributed by atoms with van der Waals surface area (Å²) in [5, 5.41) is 0.722. The van der Waals surface area contributed by atoms with Crippen molar-refractivity contribution in [1.82, 2.24) is 4.72 Å². The first kappa shape index (κ1) is 16.3. The van der Waals surface area contributed by atoms with E-state index in [1.165, 1.54) is 6.07 Å². The van der Waals surface area contributed by atoms with E-state index in [2.05, 4.69) is 20.7 Å². The Hall–Kier alpha value is -0.110. The molecule has 0 amide bonds. The highest BCUT2D eigenvalue weighted by Crippen LogP contribution is 2.34. The van der Waals surface area contributed by atoms with Gasteiger partial charge in [-0.25, -0.2) is 13.1 Å². The molecule has 0 bridgehead atoms. The molecule has 3 nitrogen and oxygen atoms in total. The van der Waals surface area contributed by atoms with E-state index < -0.39 is 10.0 Å². The molecule has 0 atom stereocenters. The molecule has 0 spiro atoms. The predicted molar refractivity (Wildman–Crippen MR) is 87.4 cm³/mol. The fourth-order valence-electron chi connectivity index (χ4n) is 1.59. The van der Waals surface area contributed by atoms with Gasteiger partial charge in [0.25, 0.3) is 0 Å². The van der Waals surface area contributed by atoms with Crippen LogP contribution < -0.4 is 4.72 Å². The van der Waals surface area contributed by atoms with Gasteiger partial charge in [-0.1, -0.05) is 63.4 Å². The van der Waals surface area contributed by atoms with Crippen LogP contribution in [0.4, 0.5) is 0 Å². The van der Waals surface area contributed by atoms with E-state index >= 15 is 0 Å². The van der Waals surface area contributed by atoms with Gasteiger partial charge >= 0.3 is 0 Å². The molecule has 8 heteroatoms. The second-order valence-electron chi connectivity index (χ2n) is 3.97. The first-order valence-corrected chi connectivity index (χ1v) is 9.68. The summed E-state index contributed by atoms with van der Waals surface area (Å²) in [4.78, 5) is 0.0193. The largest absolute Gasteiger partial charge is 0.243 e. The number of thiophene rings is 1. The van der Waals surface area contributed by atoms with E-state index in [1.54, 1.807) is 0 Å². The minimum Gasteiger partial charge on any atom is -0.207 e. The van der Waals surface area contributed by atoms with Crippen molar-refractivity contribution in [2.45, 2.75) is 16.8 Å². The Morgan fingerprint density at radius 2 is 1.90 bits per heavy atom. The minimum absolute atomic E-state index is 0.0193. The van der Waals surface area contributed by atoms with E-state index in [1.807, 2.05) is 24.3 Å². The lowest BCUT2D eigenvalue weighted by Gasteiger charge is -2.07. The van der Waals surface area contributed by atoms with Crippen molar-refractivity contribution < 1.29 is 8.42 Å². The Balaban J connectivity index is 2.15. The van der Waals surface area contributed by atoms with Gasteiger partial charge in [-0.2, -0.15) is 0 Å². The number of rotatable bonds is 5. The van der Waals surface area contributed by atoms with E-state index in [-0.39, 0.29) is 15.8 Å². The Kier molecular flexibility index (Phi) is 5.50. The van der Waals surface area contributed by atoms with Crippen LogP contribution in [0, 0.1) is 0 Å². The molecule has 108 valence electrons. The molecule has 0 aliphatic carbocycles. The summed E-state index contributed by atoms with van der Waals surface area (Å²) in [6.07, 6.45) is 0. The van der Waals surface area contributed by atoms with E-state index in [9.17, 15) is 8.42 Å². The van der Waals surface area contributed by atoms with Crippen molar-refractivity contribution in [3.05, 3.63) is 50.1 Å². The highest BCUT2D eigenvalue weighted by Gasteiger charge is 2.20. The van der Waals surface area contributed by atoms with Crippen LogP contribution in [0.5, 0.6) is 0 Å². The number of nitrogens with one attached hydrogen (secondary N) is 1. The molecule has 0 saturated heterocycles. The minimum atomic E-state index is -3.66. The normalized spacial score (nSPS) is 11.8. The first-order chi connectivity index (χ1) is 9.42. The molecular formula is C12H10BrCl2NO2S2. The SMILES string of the molecule is O=S(=O)(NCc1cccc(CBr)c1)c1cc(Cl)sc1Cl. The van der Waals surface area contributed by atoms with Crippen molar-refractivity contribution >= 4 is 60.5 Å². The molecule has 1 heterocycles. The van der Waals surface area contributed by atoms with E-state index in [0.717, 1.165) is 27.8 Å². The fraction of sp³-hybridized carbons (Fsp3) is 0.167. The van der Waals surface area contributed by atoms with Crippen molar-refractivity contribution in [3.8, 4) is 0 Å². The Labute approximate surface area is 140 Å². The maximum Gasteiger partial charge on any atom is 0.243 e. The first-order valence-electron chi connectivity index (χ1n) is 5.50. The molecule has 20 heavy (non-hydrogen) atoms. The van der Waals surface area contributed by atoms with Gasteiger partial charge in [-0.3, -0.25) is 0 Å². The van der Waals surface area contributed by atoms with Gasteiger partial charge < -0.3 is 0 Å². The smallest absolute Gasteiger partial charge is 0.207 e. The third-order valence-electron chi connectivity index (χ3n) is 2.53. The fourth-order valence-corrected chi connectivity index (χ4v) is 5.10. The molecule has 1 N–H and O–H groups in total. The molecule has 1 aromatic carbocycles. The quantitative estimate of drug-likeness (QED) is 0.735. The summed E-state index contributed by atoms with van der Waals surface area (Å²) in [5.41, 5.74) is 1.96. The summed E-state index contributed by atoms with van der Waals surface area (Å²) in [6.45, 7) is 0.201. The standard InChI is InChI=1S/C12H10BrCl2NO2S2/c13-6-8-2-1-3-9(4-8)7-16-20(17,18)10-5-11(14)19-12(10)15/h1-5,16H,6-7H2. The molecule has 0 fully saturated rings. The number of hydrogen-bond acceptors (Lipinski definition) is 3. The average Bonchev–Trinajstić information content (AvgIpc) is 2.77. The Bertz CT molecular complexity index is 716. The van der Waals surface area contributed by atoms with Crippen LogP contribution in [0.25, 0.3) is 0 Å². The molecule has 0 radical (unpaired) electrons. The zero-order valence-electron chi connectivity index (χ0n) is 10.1. The highest BCUT2D eigenvalue weighted by atomic mass is 79.9. The summed E-state index contributed by atoms with van der Waals surface area (Å²) in [7, 11) is -3.66. The average molecular weight is 415 g/mol. The highest BCUT2D eigenvalue weighted by molar-refractivity contribution is 9.08. The van der Waals surface area contributed by atoms with E-state index in [4.69, 9.17) is 23.2 Å². The third-order valence-corrected chi connectivity index (χ3v) is 6.33.